The van der Waals surface area contributed by atoms with Gasteiger partial charge in [-0.3, -0.25) is 0 Å². The molecule has 0 atom stereocenters. The summed E-state index contributed by atoms with van der Waals surface area (Å²) in [6, 6.07) is 0. The van der Waals surface area contributed by atoms with Crippen molar-refractivity contribution in [3.8, 4) is 0 Å². The summed E-state index contributed by atoms with van der Waals surface area (Å²) in [5.74, 6) is -0.0707. The van der Waals surface area contributed by atoms with Gasteiger partial charge in [0.25, 0.3) is 0 Å². The number of hydrogen-bond acceptors (Lipinski definition) is 1. The number of rotatable bonds is 4. The number of carbonyl (C=O) groups excluding carboxylic acids is 1. The normalized spacial score (nSPS) is 18.4. The van der Waals surface area contributed by atoms with E-state index in [0.29, 0.717) is 0 Å². The molecule has 1 aliphatic carbocycles. The Balaban J connectivity index is 1.89. The Bertz CT molecular complexity index is 116. The predicted octanol–water partition coefficient (Wildman–Crippen LogP) is 1.91. The minimum absolute atomic E-state index is 0.247. The van der Waals surface area contributed by atoms with Crippen LogP contribution in [0.4, 0.5) is 0 Å². The molecule has 0 aliphatic heterocycles. The second-order valence-electron chi connectivity index (χ2n) is 3.06. The molecule has 10 heavy (non-hydrogen) atoms. The average Bonchev–Trinajstić information content (AvgIpc) is 1.75. The molecule has 1 rings (SSSR count). The van der Waals surface area contributed by atoms with Crippen molar-refractivity contribution in [1.82, 2.24) is 0 Å². The largest absolute Gasteiger partial charge is 0.355 e. The van der Waals surface area contributed by atoms with Gasteiger partial charge < -0.3 is 0 Å². The molecule has 0 aromatic rings. The molecule has 0 amide bonds. The fourth-order valence-corrected chi connectivity index (χ4v) is 1.32. The zero-order valence-corrected chi connectivity index (χ0v) is 6.14. The second-order valence-corrected chi connectivity index (χ2v) is 3.06. The maximum atomic E-state index is 9.98. The molecular formula is C8H13O2. The molecule has 1 radical (unpaired) electrons. The first-order valence-electron chi connectivity index (χ1n) is 3.99. The van der Waals surface area contributed by atoms with E-state index in [2.05, 4.69) is 0 Å². The second kappa shape index (κ2) is 3.59. The van der Waals surface area contributed by atoms with Gasteiger partial charge in [-0.05, 0) is 18.8 Å². The third kappa shape index (κ3) is 2.38. The van der Waals surface area contributed by atoms with Crippen LogP contribution in [0.2, 0.25) is 0 Å². The van der Waals surface area contributed by atoms with Crippen LogP contribution in [0.15, 0.2) is 0 Å². The Morgan fingerprint density at radius 3 is 2.50 bits per heavy atom. The van der Waals surface area contributed by atoms with Gasteiger partial charge in [0.05, 0.1) is 6.42 Å². The highest BCUT2D eigenvalue weighted by atomic mass is 16.4. The van der Waals surface area contributed by atoms with Crippen molar-refractivity contribution in [2.45, 2.75) is 38.5 Å². The summed E-state index contributed by atoms with van der Waals surface area (Å²) < 4.78 is 0. The zero-order valence-electron chi connectivity index (χ0n) is 6.14. The maximum Gasteiger partial charge on any atom is 0.355 e. The molecule has 0 bridgehead atoms. The summed E-state index contributed by atoms with van der Waals surface area (Å²) in [5.41, 5.74) is 0. The van der Waals surface area contributed by atoms with Gasteiger partial charge >= 0.3 is 5.97 Å². The van der Waals surface area contributed by atoms with Gasteiger partial charge in [0.15, 0.2) is 0 Å². The zero-order chi connectivity index (χ0) is 7.40. The standard InChI is InChI=1S/C8H13O2/c9-8(10)6-2-5-7-3-1-4-7/h7H,1-6H2. The highest BCUT2D eigenvalue weighted by Gasteiger charge is 2.16. The van der Waals surface area contributed by atoms with Crippen molar-refractivity contribution in [2.24, 2.45) is 5.92 Å². The molecule has 2 nitrogen and oxygen atoms in total. The maximum absolute atomic E-state index is 9.98. The topological polar surface area (TPSA) is 37.0 Å². The first kappa shape index (κ1) is 7.58. The molecule has 57 valence electrons. The van der Waals surface area contributed by atoms with Crippen LogP contribution in [-0.4, -0.2) is 5.97 Å². The van der Waals surface area contributed by atoms with E-state index in [1.54, 1.807) is 0 Å². The molecule has 1 saturated carbocycles. The summed E-state index contributed by atoms with van der Waals surface area (Å²) in [6.07, 6.45) is 6.12. The van der Waals surface area contributed by atoms with Gasteiger partial charge in [0, 0.05) is 0 Å². The van der Waals surface area contributed by atoms with E-state index in [0.717, 1.165) is 18.8 Å². The van der Waals surface area contributed by atoms with E-state index in [1.165, 1.54) is 19.3 Å². The molecule has 1 aliphatic rings. The minimum atomic E-state index is -0.903. The highest BCUT2D eigenvalue weighted by Crippen LogP contribution is 2.30. The average molecular weight is 141 g/mol. The van der Waals surface area contributed by atoms with Crippen LogP contribution in [0.3, 0.4) is 0 Å². The van der Waals surface area contributed by atoms with Crippen LogP contribution in [0, 0.1) is 5.92 Å². The van der Waals surface area contributed by atoms with Gasteiger partial charge in [-0.2, -0.15) is 0 Å². The van der Waals surface area contributed by atoms with E-state index in [1.807, 2.05) is 0 Å². The van der Waals surface area contributed by atoms with Crippen molar-refractivity contribution in [2.75, 3.05) is 0 Å². The Hall–Kier alpha value is -0.530. The fourth-order valence-electron chi connectivity index (χ4n) is 1.32. The lowest BCUT2D eigenvalue weighted by Crippen LogP contribution is -2.10. The first-order chi connectivity index (χ1) is 4.79. The summed E-state index contributed by atoms with van der Waals surface area (Å²) in [7, 11) is 0. The van der Waals surface area contributed by atoms with Crippen LogP contribution in [0.25, 0.3) is 0 Å². The molecule has 0 aromatic carbocycles. The van der Waals surface area contributed by atoms with Crippen molar-refractivity contribution in [1.29, 1.82) is 0 Å². The number of carbonyl (C=O) groups is 1. The molecule has 0 unspecified atom stereocenters. The molecule has 0 saturated heterocycles. The lowest BCUT2D eigenvalue weighted by Gasteiger charge is -2.24. The third-order valence-electron chi connectivity index (χ3n) is 2.22. The van der Waals surface area contributed by atoms with Crippen molar-refractivity contribution in [3.63, 3.8) is 0 Å². The molecule has 0 aromatic heterocycles. The van der Waals surface area contributed by atoms with Gasteiger partial charge in [0.1, 0.15) is 0 Å². The molecule has 0 heterocycles. The Kier molecular flexibility index (Phi) is 2.72. The quantitative estimate of drug-likeness (QED) is 0.589. The molecule has 0 N–H and O–H groups in total. The van der Waals surface area contributed by atoms with Gasteiger partial charge in [-0.15, -0.1) is 0 Å². The van der Waals surface area contributed by atoms with E-state index in [9.17, 15) is 9.90 Å². The van der Waals surface area contributed by atoms with Crippen LogP contribution in [-0.2, 0) is 9.90 Å². The lowest BCUT2D eigenvalue weighted by molar-refractivity contribution is -0.143. The smallest absolute Gasteiger partial charge is 0.247 e. The fraction of sp³-hybridized carbons (Fsp3) is 0.875. The first-order valence-corrected chi connectivity index (χ1v) is 3.99. The Labute approximate surface area is 61.2 Å². The van der Waals surface area contributed by atoms with E-state index in [4.69, 9.17) is 0 Å². The molecule has 0 spiro atoms. The number of hydrogen-bond donors (Lipinski definition) is 0. The molecule has 2 heteroatoms. The SMILES string of the molecule is [O]C(=O)CCCC1CCC1. The van der Waals surface area contributed by atoms with E-state index >= 15 is 0 Å². The molecule has 1 fully saturated rings. The lowest BCUT2D eigenvalue weighted by atomic mass is 9.82. The van der Waals surface area contributed by atoms with Crippen LogP contribution in [0.5, 0.6) is 0 Å². The van der Waals surface area contributed by atoms with Crippen molar-refractivity contribution < 1.29 is 9.90 Å². The van der Waals surface area contributed by atoms with Crippen molar-refractivity contribution in [3.05, 3.63) is 0 Å². The van der Waals surface area contributed by atoms with Gasteiger partial charge in [-0.1, -0.05) is 19.3 Å². The van der Waals surface area contributed by atoms with Crippen LogP contribution < -0.4 is 0 Å². The van der Waals surface area contributed by atoms with Gasteiger partial charge in [-0.25, -0.2) is 9.90 Å². The molecular weight excluding hydrogens is 128 g/mol. The van der Waals surface area contributed by atoms with E-state index < -0.39 is 5.97 Å². The Morgan fingerprint density at radius 2 is 2.10 bits per heavy atom. The summed E-state index contributed by atoms with van der Waals surface area (Å²) in [6.45, 7) is 0. The van der Waals surface area contributed by atoms with E-state index in [-0.39, 0.29) is 6.42 Å². The third-order valence-corrected chi connectivity index (χ3v) is 2.22. The highest BCUT2D eigenvalue weighted by molar-refractivity contribution is 5.66. The summed E-state index contributed by atoms with van der Waals surface area (Å²) in [5, 5.41) is 9.98. The predicted molar refractivity (Wildman–Crippen MR) is 36.9 cm³/mol. The summed E-state index contributed by atoms with van der Waals surface area (Å²) >= 11 is 0. The van der Waals surface area contributed by atoms with Crippen LogP contribution >= 0.6 is 0 Å². The van der Waals surface area contributed by atoms with Gasteiger partial charge in [0.2, 0.25) is 0 Å². The summed E-state index contributed by atoms with van der Waals surface area (Å²) in [4.78, 5) is 9.98. The monoisotopic (exact) mass is 141 g/mol. The Morgan fingerprint density at radius 1 is 1.40 bits per heavy atom. The minimum Gasteiger partial charge on any atom is -0.247 e. The van der Waals surface area contributed by atoms with Crippen LogP contribution in [0.1, 0.15) is 38.5 Å². The van der Waals surface area contributed by atoms with Crippen molar-refractivity contribution >= 4 is 5.97 Å².